The average molecular weight is 381 g/mol. The Morgan fingerprint density at radius 3 is 2.63 bits per heavy atom. The molecular formula is C21H17ClN2O3. The summed E-state index contributed by atoms with van der Waals surface area (Å²) in [4.78, 5) is 12.0. The fraction of sp³-hybridized carbons (Fsp3) is 0.0476. The number of carbonyl (C=O) groups is 1. The molecule has 3 rings (SSSR count). The van der Waals surface area contributed by atoms with Gasteiger partial charge in [0, 0.05) is 16.1 Å². The van der Waals surface area contributed by atoms with Gasteiger partial charge < -0.3 is 9.84 Å². The zero-order valence-corrected chi connectivity index (χ0v) is 15.1. The summed E-state index contributed by atoms with van der Waals surface area (Å²) in [6, 6.07) is 20.7. The molecule has 0 saturated heterocycles. The lowest BCUT2D eigenvalue weighted by Crippen LogP contribution is -2.17. The number of nitrogens with zero attached hydrogens (tertiary/aromatic N) is 1. The number of aromatic hydroxyl groups is 1. The first-order valence-corrected chi connectivity index (χ1v) is 8.58. The second-order valence-corrected chi connectivity index (χ2v) is 6.14. The van der Waals surface area contributed by atoms with Gasteiger partial charge in [0.1, 0.15) is 18.1 Å². The molecule has 2 N–H and O–H groups in total. The number of phenols is 1. The molecule has 0 radical (unpaired) electrons. The number of benzene rings is 3. The zero-order chi connectivity index (χ0) is 19.1. The third-order valence-corrected chi connectivity index (χ3v) is 3.94. The van der Waals surface area contributed by atoms with Crippen molar-refractivity contribution in [3.63, 3.8) is 0 Å². The van der Waals surface area contributed by atoms with E-state index in [1.807, 2.05) is 48.5 Å². The van der Waals surface area contributed by atoms with Gasteiger partial charge in [0.2, 0.25) is 0 Å². The molecule has 3 aromatic carbocycles. The molecule has 0 bridgehead atoms. The van der Waals surface area contributed by atoms with Gasteiger partial charge in [0.25, 0.3) is 5.91 Å². The van der Waals surface area contributed by atoms with Crippen LogP contribution in [0.2, 0.25) is 5.02 Å². The van der Waals surface area contributed by atoms with Crippen LogP contribution in [0.4, 0.5) is 0 Å². The molecule has 136 valence electrons. The molecule has 0 aliphatic heterocycles. The molecule has 0 aliphatic rings. The Kier molecular flexibility index (Phi) is 6.07. The summed E-state index contributed by atoms with van der Waals surface area (Å²) in [7, 11) is 0. The standard InChI is InChI=1S/C21H17ClN2O3/c22-18-6-3-4-15(12-18)14-27-20-7-2-1-5-17(20)13-23-24-21(26)16-8-10-19(25)11-9-16/h1-13,25H,14H2,(H,24,26)/b23-13+. The van der Waals surface area contributed by atoms with Crippen LogP contribution in [-0.2, 0) is 6.61 Å². The molecule has 27 heavy (non-hydrogen) atoms. The topological polar surface area (TPSA) is 70.9 Å². The largest absolute Gasteiger partial charge is 0.508 e. The van der Waals surface area contributed by atoms with Crippen molar-refractivity contribution in [2.45, 2.75) is 6.61 Å². The third kappa shape index (κ3) is 5.33. The smallest absolute Gasteiger partial charge is 0.271 e. The minimum Gasteiger partial charge on any atom is -0.508 e. The molecule has 0 spiro atoms. The molecule has 5 nitrogen and oxygen atoms in total. The SMILES string of the molecule is O=C(N/N=C/c1ccccc1OCc1cccc(Cl)c1)c1ccc(O)cc1. The molecular weight excluding hydrogens is 364 g/mol. The number of nitrogens with one attached hydrogen (secondary N) is 1. The van der Waals surface area contributed by atoms with Gasteiger partial charge in [-0.15, -0.1) is 0 Å². The average Bonchev–Trinajstić information content (AvgIpc) is 2.68. The van der Waals surface area contributed by atoms with Crippen LogP contribution in [0.25, 0.3) is 0 Å². The van der Waals surface area contributed by atoms with E-state index in [-0.39, 0.29) is 11.7 Å². The maximum absolute atomic E-state index is 12.0. The Labute approximate surface area is 161 Å². The van der Waals surface area contributed by atoms with Crippen LogP contribution in [0, 0.1) is 0 Å². The van der Waals surface area contributed by atoms with Crippen molar-refractivity contribution in [1.82, 2.24) is 5.43 Å². The normalized spacial score (nSPS) is 10.7. The lowest BCUT2D eigenvalue weighted by molar-refractivity contribution is 0.0955. The third-order valence-electron chi connectivity index (χ3n) is 3.70. The van der Waals surface area contributed by atoms with Gasteiger partial charge in [0.05, 0.1) is 6.21 Å². The van der Waals surface area contributed by atoms with Crippen LogP contribution in [0.3, 0.4) is 0 Å². The van der Waals surface area contributed by atoms with Gasteiger partial charge in [0.15, 0.2) is 0 Å². The van der Waals surface area contributed by atoms with E-state index in [0.29, 0.717) is 22.9 Å². The number of rotatable bonds is 6. The summed E-state index contributed by atoms with van der Waals surface area (Å²) in [6.45, 7) is 0.366. The van der Waals surface area contributed by atoms with E-state index in [1.54, 1.807) is 0 Å². The Morgan fingerprint density at radius 1 is 1.07 bits per heavy atom. The Hall–Kier alpha value is -3.31. The van der Waals surface area contributed by atoms with E-state index >= 15 is 0 Å². The van der Waals surface area contributed by atoms with Gasteiger partial charge in [-0.25, -0.2) is 5.43 Å². The van der Waals surface area contributed by atoms with Crippen molar-refractivity contribution < 1.29 is 14.6 Å². The highest BCUT2D eigenvalue weighted by molar-refractivity contribution is 6.30. The lowest BCUT2D eigenvalue weighted by Gasteiger charge is -2.09. The molecule has 0 heterocycles. The number of carbonyl (C=O) groups excluding carboxylic acids is 1. The van der Waals surface area contributed by atoms with Gasteiger partial charge in [-0.1, -0.05) is 35.9 Å². The minimum atomic E-state index is -0.372. The van der Waals surface area contributed by atoms with Gasteiger partial charge in [-0.2, -0.15) is 5.10 Å². The van der Waals surface area contributed by atoms with Crippen molar-refractivity contribution in [2.75, 3.05) is 0 Å². The van der Waals surface area contributed by atoms with Gasteiger partial charge >= 0.3 is 0 Å². The summed E-state index contributed by atoms with van der Waals surface area (Å²) < 4.78 is 5.84. The Balaban J connectivity index is 1.64. The van der Waals surface area contributed by atoms with Crippen LogP contribution in [0.15, 0.2) is 77.9 Å². The van der Waals surface area contributed by atoms with Crippen LogP contribution in [-0.4, -0.2) is 17.2 Å². The Bertz CT molecular complexity index is 956. The van der Waals surface area contributed by atoms with Crippen molar-refractivity contribution >= 4 is 23.7 Å². The monoisotopic (exact) mass is 380 g/mol. The molecule has 3 aromatic rings. The van der Waals surface area contributed by atoms with Crippen LogP contribution >= 0.6 is 11.6 Å². The summed E-state index contributed by atoms with van der Waals surface area (Å²) in [5.41, 5.74) is 4.53. The molecule has 0 aromatic heterocycles. The first-order valence-electron chi connectivity index (χ1n) is 8.20. The predicted octanol–water partition coefficient (Wildman–Crippen LogP) is 4.39. The van der Waals surface area contributed by atoms with Crippen molar-refractivity contribution in [1.29, 1.82) is 0 Å². The summed E-state index contributed by atoms with van der Waals surface area (Å²) in [6.07, 6.45) is 1.52. The molecule has 1 amide bonds. The summed E-state index contributed by atoms with van der Waals surface area (Å²) in [5.74, 6) is 0.365. The van der Waals surface area contributed by atoms with E-state index in [4.69, 9.17) is 16.3 Å². The number of ether oxygens (including phenoxy) is 1. The second-order valence-electron chi connectivity index (χ2n) is 5.70. The molecule has 0 atom stereocenters. The summed E-state index contributed by atoms with van der Waals surface area (Å²) >= 11 is 5.98. The zero-order valence-electron chi connectivity index (χ0n) is 14.3. The van der Waals surface area contributed by atoms with Gasteiger partial charge in [-0.05, 0) is 54.1 Å². The van der Waals surface area contributed by atoms with E-state index in [2.05, 4.69) is 10.5 Å². The van der Waals surface area contributed by atoms with Crippen LogP contribution in [0.1, 0.15) is 21.5 Å². The second kappa shape index (κ2) is 8.87. The molecule has 0 saturated carbocycles. The van der Waals surface area contributed by atoms with E-state index in [9.17, 15) is 9.90 Å². The molecule has 0 aliphatic carbocycles. The minimum absolute atomic E-state index is 0.0980. The quantitative estimate of drug-likeness (QED) is 0.492. The predicted molar refractivity (Wildman–Crippen MR) is 105 cm³/mol. The van der Waals surface area contributed by atoms with Crippen molar-refractivity contribution in [2.24, 2.45) is 5.10 Å². The van der Waals surface area contributed by atoms with Crippen molar-refractivity contribution in [3.05, 3.63) is 94.5 Å². The fourth-order valence-electron chi connectivity index (χ4n) is 2.34. The number of halogens is 1. The highest BCUT2D eigenvalue weighted by atomic mass is 35.5. The maximum Gasteiger partial charge on any atom is 0.271 e. The molecule has 0 unspecified atom stereocenters. The highest BCUT2D eigenvalue weighted by Gasteiger charge is 2.05. The number of phenolic OH excluding ortho intramolecular Hbond substituents is 1. The number of amides is 1. The maximum atomic E-state index is 12.0. The lowest BCUT2D eigenvalue weighted by atomic mass is 10.2. The number of hydrogen-bond acceptors (Lipinski definition) is 4. The van der Waals surface area contributed by atoms with Crippen molar-refractivity contribution in [3.8, 4) is 11.5 Å². The summed E-state index contributed by atoms with van der Waals surface area (Å²) in [5, 5.41) is 13.9. The van der Waals surface area contributed by atoms with E-state index in [0.717, 1.165) is 11.1 Å². The highest BCUT2D eigenvalue weighted by Crippen LogP contribution is 2.19. The molecule has 0 fully saturated rings. The first-order chi connectivity index (χ1) is 13.1. The van der Waals surface area contributed by atoms with Gasteiger partial charge in [-0.3, -0.25) is 4.79 Å². The van der Waals surface area contributed by atoms with E-state index in [1.165, 1.54) is 30.5 Å². The number of hydrazone groups is 1. The van der Waals surface area contributed by atoms with E-state index < -0.39 is 0 Å². The number of para-hydroxylation sites is 1. The van der Waals surface area contributed by atoms with Crippen LogP contribution in [0.5, 0.6) is 11.5 Å². The first kappa shape index (κ1) is 18.5. The van der Waals surface area contributed by atoms with Crippen LogP contribution < -0.4 is 10.2 Å². The fourth-order valence-corrected chi connectivity index (χ4v) is 2.56. The Morgan fingerprint density at radius 2 is 1.85 bits per heavy atom. The molecule has 6 heteroatoms. The number of hydrogen-bond donors (Lipinski definition) is 2.